The van der Waals surface area contributed by atoms with E-state index in [9.17, 15) is 9.90 Å². The third kappa shape index (κ3) is 3.66. The highest BCUT2D eigenvalue weighted by molar-refractivity contribution is 5.76. The highest BCUT2D eigenvalue weighted by atomic mass is 16.5. The lowest BCUT2D eigenvalue weighted by Crippen LogP contribution is -2.18. The summed E-state index contributed by atoms with van der Waals surface area (Å²) in [5.41, 5.74) is 1.59. The van der Waals surface area contributed by atoms with Gasteiger partial charge in [-0.05, 0) is 18.4 Å². The summed E-state index contributed by atoms with van der Waals surface area (Å²) in [6.07, 6.45) is -1.18. The van der Waals surface area contributed by atoms with Gasteiger partial charge in [-0.3, -0.25) is 0 Å². The Kier molecular flexibility index (Phi) is 4.50. The predicted molar refractivity (Wildman–Crippen MR) is 61.9 cm³/mol. The summed E-state index contributed by atoms with van der Waals surface area (Å²) >= 11 is 0. The number of aliphatic hydroxyl groups is 1. The number of ether oxygens (including phenoxy) is 1. The van der Waals surface area contributed by atoms with Crippen LogP contribution in [0.5, 0.6) is 0 Å². The molecule has 88 valence electrons. The molecule has 1 N–H and O–H groups in total. The van der Waals surface area contributed by atoms with Crippen LogP contribution in [0, 0.1) is 12.8 Å². The summed E-state index contributed by atoms with van der Waals surface area (Å²) in [6, 6.07) is 7.22. The van der Waals surface area contributed by atoms with E-state index in [1.54, 1.807) is 12.1 Å². The van der Waals surface area contributed by atoms with Gasteiger partial charge >= 0.3 is 5.97 Å². The van der Waals surface area contributed by atoms with Crippen molar-refractivity contribution < 1.29 is 14.6 Å². The van der Waals surface area contributed by atoms with Crippen molar-refractivity contribution in [3.8, 4) is 0 Å². The van der Waals surface area contributed by atoms with Gasteiger partial charge in [0, 0.05) is 0 Å². The van der Waals surface area contributed by atoms with Crippen molar-refractivity contribution >= 4 is 5.97 Å². The summed E-state index contributed by atoms with van der Waals surface area (Å²) in [5, 5.41) is 9.75. The largest absolute Gasteiger partial charge is 0.463 e. The third-order valence-corrected chi connectivity index (χ3v) is 2.14. The molecular formula is C13H18O3. The molecule has 16 heavy (non-hydrogen) atoms. The van der Waals surface area contributed by atoms with E-state index in [2.05, 4.69) is 0 Å². The molecule has 0 aliphatic heterocycles. The molecule has 0 aliphatic rings. The van der Waals surface area contributed by atoms with E-state index in [1.807, 2.05) is 32.9 Å². The van der Waals surface area contributed by atoms with Crippen molar-refractivity contribution in [1.29, 1.82) is 0 Å². The lowest BCUT2D eigenvalue weighted by molar-refractivity contribution is -0.155. The van der Waals surface area contributed by atoms with Crippen molar-refractivity contribution in [2.24, 2.45) is 5.92 Å². The fourth-order valence-electron chi connectivity index (χ4n) is 1.30. The normalized spacial score (nSPS) is 12.6. The molecule has 1 rings (SSSR count). The first-order chi connectivity index (χ1) is 7.50. The molecule has 1 atom stereocenters. The summed E-state index contributed by atoms with van der Waals surface area (Å²) in [6.45, 7) is 6.15. The van der Waals surface area contributed by atoms with Crippen LogP contribution in [0.1, 0.15) is 31.1 Å². The second-order valence-electron chi connectivity index (χ2n) is 4.34. The molecule has 0 saturated carbocycles. The minimum Gasteiger partial charge on any atom is -0.463 e. The van der Waals surface area contributed by atoms with Gasteiger partial charge in [0.1, 0.15) is 0 Å². The van der Waals surface area contributed by atoms with Crippen LogP contribution in [-0.4, -0.2) is 17.7 Å². The molecular weight excluding hydrogens is 204 g/mol. The average Bonchev–Trinajstić information content (AvgIpc) is 2.24. The Morgan fingerprint density at radius 1 is 1.44 bits per heavy atom. The zero-order valence-electron chi connectivity index (χ0n) is 9.93. The van der Waals surface area contributed by atoms with Crippen molar-refractivity contribution in [1.82, 2.24) is 0 Å². The number of aryl methyl sites for hydroxylation is 1. The number of aliphatic hydroxyl groups excluding tert-OH is 1. The molecule has 0 fully saturated rings. The maximum absolute atomic E-state index is 11.5. The number of rotatable bonds is 4. The van der Waals surface area contributed by atoms with Crippen LogP contribution >= 0.6 is 0 Å². The Hall–Kier alpha value is -1.35. The van der Waals surface area contributed by atoms with E-state index in [4.69, 9.17) is 4.74 Å². The molecule has 0 aromatic heterocycles. The molecule has 1 unspecified atom stereocenters. The molecule has 0 heterocycles. The van der Waals surface area contributed by atoms with Gasteiger partial charge in [0.2, 0.25) is 0 Å². The van der Waals surface area contributed by atoms with Crippen LogP contribution in [0.2, 0.25) is 0 Å². The third-order valence-electron chi connectivity index (χ3n) is 2.14. The maximum atomic E-state index is 11.5. The summed E-state index contributed by atoms with van der Waals surface area (Å²) in [7, 11) is 0. The Balaban J connectivity index is 2.63. The molecule has 3 heteroatoms. The number of carbonyl (C=O) groups excluding carboxylic acids is 1. The first-order valence-corrected chi connectivity index (χ1v) is 5.42. The van der Waals surface area contributed by atoms with Crippen molar-refractivity contribution in [3.63, 3.8) is 0 Å². The molecule has 0 bridgehead atoms. The second kappa shape index (κ2) is 5.66. The molecule has 0 aliphatic carbocycles. The first kappa shape index (κ1) is 12.7. The van der Waals surface area contributed by atoms with Gasteiger partial charge in [0.15, 0.2) is 6.10 Å². The lowest BCUT2D eigenvalue weighted by Gasteiger charge is -2.12. The van der Waals surface area contributed by atoms with Crippen LogP contribution < -0.4 is 0 Å². The highest BCUT2D eigenvalue weighted by Gasteiger charge is 2.19. The first-order valence-electron chi connectivity index (χ1n) is 5.42. The number of benzene rings is 1. The van der Waals surface area contributed by atoms with Crippen molar-refractivity contribution in [2.75, 3.05) is 6.61 Å². The summed E-state index contributed by atoms with van der Waals surface area (Å²) < 4.78 is 4.97. The van der Waals surface area contributed by atoms with Crippen LogP contribution in [0.3, 0.4) is 0 Å². The molecule has 3 nitrogen and oxygen atoms in total. The van der Waals surface area contributed by atoms with Crippen LogP contribution in [0.15, 0.2) is 24.3 Å². The van der Waals surface area contributed by atoms with Gasteiger partial charge in [-0.15, -0.1) is 0 Å². The van der Waals surface area contributed by atoms with Gasteiger partial charge in [0.05, 0.1) is 6.61 Å². The Bertz CT molecular complexity index is 358. The molecule has 0 spiro atoms. The zero-order valence-corrected chi connectivity index (χ0v) is 9.93. The highest BCUT2D eigenvalue weighted by Crippen LogP contribution is 2.16. The Labute approximate surface area is 96.1 Å². The smallest absolute Gasteiger partial charge is 0.339 e. The van der Waals surface area contributed by atoms with Crippen LogP contribution in [0.4, 0.5) is 0 Å². The van der Waals surface area contributed by atoms with Crippen molar-refractivity contribution in [3.05, 3.63) is 35.4 Å². The molecule has 0 amide bonds. The SMILES string of the molecule is Cc1cccc(C(O)C(=O)OCC(C)C)c1. The van der Waals surface area contributed by atoms with Crippen LogP contribution in [0.25, 0.3) is 0 Å². The fraction of sp³-hybridized carbons (Fsp3) is 0.462. The van der Waals surface area contributed by atoms with E-state index < -0.39 is 12.1 Å². The van der Waals surface area contributed by atoms with Gasteiger partial charge in [-0.1, -0.05) is 43.7 Å². The predicted octanol–water partition coefficient (Wildman–Crippen LogP) is 2.23. The quantitative estimate of drug-likeness (QED) is 0.795. The van der Waals surface area contributed by atoms with E-state index in [1.165, 1.54) is 0 Å². The zero-order chi connectivity index (χ0) is 12.1. The topological polar surface area (TPSA) is 46.5 Å². The fourth-order valence-corrected chi connectivity index (χ4v) is 1.30. The van der Waals surface area contributed by atoms with E-state index in [0.717, 1.165) is 5.56 Å². The van der Waals surface area contributed by atoms with Crippen LogP contribution in [-0.2, 0) is 9.53 Å². The van der Waals surface area contributed by atoms with Gasteiger partial charge < -0.3 is 9.84 Å². The number of hydrogen-bond donors (Lipinski definition) is 1. The monoisotopic (exact) mass is 222 g/mol. The van der Waals surface area contributed by atoms with E-state index in [0.29, 0.717) is 12.2 Å². The van der Waals surface area contributed by atoms with Gasteiger partial charge in [-0.2, -0.15) is 0 Å². The Morgan fingerprint density at radius 2 is 2.12 bits per heavy atom. The van der Waals surface area contributed by atoms with Gasteiger partial charge in [-0.25, -0.2) is 4.79 Å². The Morgan fingerprint density at radius 3 is 2.69 bits per heavy atom. The van der Waals surface area contributed by atoms with E-state index >= 15 is 0 Å². The second-order valence-corrected chi connectivity index (χ2v) is 4.34. The summed E-state index contributed by atoms with van der Waals surface area (Å²) in [5.74, 6) is -0.312. The summed E-state index contributed by atoms with van der Waals surface area (Å²) in [4.78, 5) is 11.5. The average molecular weight is 222 g/mol. The molecule has 0 saturated heterocycles. The lowest BCUT2D eigenvalue weighted by atomic mass is 10.1. The molecule has 1 aromatic carbocycles. The number of hydrogen-bond acceptors (Lipinski definition) is 3. The molecule has 0 radical (unpaired) electrons. The van der Waals surface area contributed by atoms with Gasteiger partial charge in [0.25, 0.3) is 0 Å². The number of carbonyl (C=O) groups is 1. The maximum Gasteiger partial charge on any atom is 0.339 e. The van der Waals surface area contributed by atoms with Crippen molar-refractivity contribution in [2.45, 2.75) is 26.9 Å². The number of esters is 1. The van der Waals surface area contributed by atoms with E-state index in [-0.39, 0.29) is 5.92 Å². The molecule has 1 aromatic rings. The standard InChI is InChI=1S/C13H18O3/c1-9(2)8-16-13(15)12(14)11-6-4-5-10(3)7-11/h4-7,9,12,14H,8H2,1-3H3. The minimum absolute atomic E-state index is 0.272. The minimum atomic E-state index is -1.18.